The maximum absolute atomic E-state index is 5.39. The average molecular weight is 690 g/mol. The molecule has 0 saturated heterocycles. The monoisotopic (exact) mass is 689 g/mol. The van der Waals surface area contributed by atoms with E-state index >= 15 is 0 Å². The van der Waals surface area contributed by atoms with Crippen LogP contribution in [0.15, 0.2) is 189 Å². The van der Waals surface area contributed by atoms with E-state index in [-0.39, 0.29) is 0 Å². The molecule has 54 heavy (non-hydrogen) atoms. The highest BCUT2D eigenvalue weighted by Gasteiger charge is 2.17. The van der Waals surface area contributed by atoms with Crippen LogP contribution >= 0.6 is 0 Å². The van der Waals surface area contributed by atoms with Crippen LogP contribution < -0.4 is 0 Å². The Morgan fingerprint density at radius 3 is 1.85 bits per heavy atom. The lowest BCUT2D eigenvalue weighted by atomic mass is 9.93. The van der Waals surface area contributed by atoms with Gasteiger partial charge in [-0.2, -0.15) is 0 Å². The zero-order chi connectivity index (χ0) is 35.8. The van der Waals surface area contributed by atoms with Crippen LogP contribution in [0, 0.1) is 0 Å². The van der Waals surface area contributed by atoms with Crippen molar-refractivity contribution in [3.63, 3.8) is 0 Å². The third-order valence-corrected chi connectivity index (χ3v) is 10.0. The van der Waals surface area contributed by atoms with Gasteiger partial charge in [-0.25, -0.2) is 9.97 Å². The number of hydrogen-bond acceptors (Lipinski definition) is 5. The molecule has 0 amide bonds. The summed E-state index contributed by atoms with van der Waals surface area (Å²) in [6.45, 7) is 0. The molecule has 5 nitrogen and oxygen atoms in total. The van der Waals surface area contributed by atoms with Crippen molar-refractivity contribution >= 4 is 32.6 Å². The van der Waals surface area contributed by atoms with Crippen LogP contribution in [0.1, 0.15) is 0 Å². The highest BCUT2D eigenvalue weighted by atomic mass is 14.9. The van der Waals surface area contributed by atoms with E-state index in [0.717, 1.165) is 83.3 Å². The SMILES string of the molecule is c1ccc(-c2cc(-c3nc(-c4ccc(-c5cccnc5)cc4)cc(-c4cc5cccnc5c5ncccc45)n3)cc(-c3cccc4ccccc34)c2)cc1. The van der Waals surface area contributed by atoms with Crippen molar-refractivity contribution in [3.05, 3.63) is 189 Å². The molecule has 0 aliphatic rings. The van der Waals surface area contributed by atoms with Gasteiger partial charge in [-0.05, 0) is 92.7 Å². The van der Waals surface area contributed by atoms with E-state index in [9.17, 15) is 0 Å². The molecule has 0 fully saturated rings. The Balaban J connectivity index is 1.22. The quantitative estimate of drug-likeness (QED) is 0.163. The molecule has 0 aliphatic carbocycles. The third-order valence-electron chi connectivity index (χ3n) is 10.0. The van der Waals surface area contributed by atoms with Crippen LogP contribution in [-0.2, 0) is 0 Å². The molecule has 4 heterocycles. The average Bonchev–Trinajstić information content (AvgIpc) is 3.26. The minimum atomic E-state index is 0.640. The number of benzene rings is 6. The van der Waals surface area contributed by atoms with Crippen molar-refractivity contribution in [2.45, 2.75) is 0 Å². The summed E-state index contributed by atoms with van der Waals surface area (Å²) >= 11 is 0. The summed E-state index contributed by atoms with van der Waals surface area (Å²) in [7, 11) is 0. The summed E-state index contributed by atoms with van der Waals surface area (Å²) in [5.41, 5.74) is 12.9. The Kier molecular flexibility index (Phi) is 7.73. The van der Waals surface area contributed by atoms with Gasteiger partial charge in [0.15, 0.2) is 5.82 Å². The molecule has 0 saturated carbocycles. The molecule has 4 aromatic heterocycles. The number of fused-ring (bicyclic) bond motifs is 4. The molecule has 10 rings (SSSR count). The minimum absolute atomic E-state index is 0.640. The van der Waals surface area contributed by atoms with Gasteiger partial charge in [0.05, 0.1) is 22.4 Å². The predicted octanol–water partition coefficient (Wildman–Crippen LogP) is 12.1. The molecular weight excluding hydrogens is 659 g/mol. The largest absolute Gasteiger partial charge is 0.264 e. The lowest BCUT2D eigenvalue weighted by molar-refractivity contribution is 1.18. The van der Waals surface area contributed by atoms with Crippen LogP contribution in [0.3, 0.4) is 0 Å². The van der Waals surface area contributed by atoms with Gasteiger partial charge >= 0.3 is 0 Å². The Labute approximate surface area is 312 Å². The second-order valence-corrected chi connectivity index (χ2v) is 13.4. The van der Waals surface area contributed by atoms with Crippen LogP contribution in [0.5, 0.6) is 0 Å². The summed E-state index contributed by atoms with van der Waals surface area (Å²) in [6.07, 6.45) is 7.32. The molecule has 0 spiro atoms. The smallest absolute Gasteiger partial charge is 0.160 e. The molecular formula is C49H31N5. The number of nitrogens with zero attached hydrogens (tertiary/aromatic N) is 5. The van der Waals surface area contributed by atoms with Crippen molar-refractivity contribution in [2.24, 2.45) is 0 Å². The number of aromatic nitrogens is 5. The van der Waals surface area contributed by atoms with Gasteiger partial charge in [0.1, 0.15) is 0 Å². The van der Waals surface area contributed by atoms with Crippen molar-refractivity contribution < 1.29 is 0 Å². The molecule has 252 valence electrons. The van der Waals surface area contributed by atoms with E-state index in [1.807, 2.05) is 36.8 Å². The zero-order valence-corrected chi connectivity index (χ0v) is 29.1. The topological polar surface area (TPSA) is 64.5 Å². The van der Waals surface area contributed by atoms with E-state index in [1.165, 1.54) is 10.8 Å². The van der Waals surface area contributed by atoms with Crippen LogP contribution in [0.25, 0.3) is 99.9 Å². The molecule has 6 aromatic carbocycles. The Bertz CT molecular complexity index is 2970. The highest BCUT2D eigenvalue weighted by molar-refractivity contribution is 6.10. The van der Waals surface area contributed by atoms with Gasteiger partial charge in [0, 0.05) is 52.3 Å². The fraction of sp³-hybridized carbons (Fsp3) is 0. The van der Waals surface area contributed by atoms with Crippen LogP contribution in [0.2, 0.25) is 0 Å². The standard InChI is InChI=1S/C49H31N5/c1-2-10-32(11-3-1)38-26-39(42-17-6-13-34-12-4-5-16-41(34)42)28-40(27-38)49-53-45(35-21-19-33(20-22-35)37-15-7-23-50-31-37)30-46(54-49)44-29-36-14-8-24-51-47(36)48-43(44)18-9-25-52-48/h1-31H. The molecule has 0 radical (unpaired) electrons. The van der Waals surface area contributed by atoms with Gasteiger partial charge in [0.2, 0.25) is 0 Å². The van der Waals surface area contributed by atoms with E-state index < -0.39 is 0 Å². The summed E-state index contributed by atoms with van der Waals surface area (Å²) in [5, 5.41) is 4.39. The first-order valence-corrected chi connectivity index (χ1v) is 18.0. The first kappa shape index (κ1) is 31.4. The number of pyridine rings is 3. The zero-order valence-electron chi connectivity index (χ0n) is 29.1. The molecule has 10 aromatic rings. The molecule has 0 atom stereocenters. The lowest BCUT2D eigenvalue weighted by Crippen LogP contribution is -1.98. The van der Waals surface area contributed by atoms with E-state index in [2.05, 4.69) is 151 Å². The lowest BCUT2D eigenvalue weighted by Gasteiger charge is -2.15. The maximum atomic E-state index is 5.39. The van der Waals surface area contributed by atoms with Crippen LogP contribution in [0.4, 0.5) is 0 Å². The molecule has 0 bridgehead atoms. The van der Waals surface area contributed by atoms with Gasteiger partial charge < -0.3 is 0 Å². The van der Waals surface area contributed by atoms with E-state index in [0.29, 0.717) is 5.82 Å². The van der Waals surface area contributed by atoms with Gasteiger partial charge in [-0.15, -0.1) is 0 Å². The summed E-state index contributed by atoms with van der Waals surface area (Å²) in [4.78, 5) is 24.5. The Hall–Kier alpha value is -7.37. The second-order valence-electron chi connectivity index (χ2n) is 13.4. The Morgan fingerprint density at radius 2 is 0.981 bits per heavy atom. The number of rotatable bonds is 6. The maximum Gasteiger partial charge on any atom is 0.160 e. The third kappa shape index (κ3) is 5.74. The van der Waals surface area contributed by atoms with Crippen LogP contribution in [-0.4, -0.2) is 24.9 Å². The Morgan fingerprint density at radius 1 is 0.333 bits per heavy atom. The van der Waals surface area contributed by atoms with Gasteiger partial charge in [0.25, 0.3) is 0 Å². The first-order valence-electron chi connectivity index (χ1n) is 18.0. The minimum Gasteiger partial charge on any atom is -0.264 e. The van der Waals surface area contributed by atoms with Crippen molar-refractivity contribution in [1.29, 1.82) is 0 Å². The second kappa shape index (κ2) is 13.3. The van der Waals surface area contributed by atoms with E-state index in [4.69, 9.17) is 19.9 Å². The van der Waals surface area contributed by atoms with E-state index in [1.54, 1.807) is 6.20 Å². The molecule has 0 aliphatic heterocycles. The molecule has 0 N–H and O–H groups in total. The summed E-state index contributed by atoms with van der Waals surface area (Å²) in [5.74, 6) is 0.640. The fourth-order valence-corrected chi connectivity index (χ4v) is 7.40. The van der Waals surface area contributed by atoms with Crippen molar-refractivity contribution in [1.82, 2.24) is 24.9 Å². The summed E-state index contributed by atoms with van der Waals surface area (Å²) < 4.78 is 0. The summed E-state index contributed by atoms with van der Waals surface area (Å²) in [6, 6.07) is 57.2. The molecule has 5 heteroatoms. The van der Waals surface area contributed by atoms with Gasteiger partial charge in [-0.3, -0.25) is 15.0 Å². The molecule has 0 unspecified atom stereocenters. The van der Waals surface area contributed by atoms with Gasteiger partial charge in [-0.1, -0.05) is 115 Å². The van der Waals surface area contributed by atoms with Crippen molar-refractivity contribution in [2.75, 3.05) is 0 Å². The highest BCUT2D eigenvalue weighted by Crippen LogP contribution is 2.38. The predicted molar refractivity (Wildman–Crippen MR) is 221 cm³/mol. The first-order chi connectivity index (χ1) is 26.7. The number of hydrogen-bond donors (Lipinski definition) is 0. The normalized spacial score (nSPS) is 11.3. The van der Waals surface area contributed by atoms with Crippen molar-refractivity contribution in [3.8, 4) is 67.3 Å². The fourth-order valence-electron chi connectivity index (χ4n) is 7.40.